The molecule has 3 nitrogen and oxygen atoms in total. The molecule has 0 rings (SSSR count). The number of primary amides is 1. The van der Waals surface area contributed by atoms with Crippen LogP contribution in [-0.4, -0.2) is 10.5 Å². The highest BCUT2D eigenvalue weighted by Crippen LogP contribution is 2.02. The molecule has 0 spiro atoms. The molecule has 2 unspecified atom stereocenters. The van der Waals surface area contributed by atoms with Crippen molar-refractivity contribution in [1.82, 2.24) is 4.44 Å². The number of nitrogens with zero attached hydrogens (tertiary/aromatic N) is 1. The average Bonchev–Trinajstić information content (AvgIpc) is 1.36. The van der Waals surface area contributed by atoms with E-state index < -0.39 is 6.03 Å². The van der Waals surface area contributed by atoms with Crippen molar-refractivity contribution in [1.29, 1.82) is 0 Å². The Labute approximate surface area is 40.8 Å². The summed E-state index contributed by atoms with van der Waals surface area (Å²) in [5.41, 5.74) is 4.68. The van der Waals surface area contributed by atoms with Crippen molar-refractivity contribution in [2.45, 2.75) is 0 Å². The summed E-state index contributed by atoms with van der Waals surface area (Å²) >= 11 is 0. The van der Waals surface area contributed by atoms with Gasteiger partial charge in [0.15, 0.2) is 0 Å². The van der Waals surface area contributed by atoms with Gasteiger partial charge in [0.25, 0.3) is 0 Å². The molecule has 0 aliphatic rings. The first-order valence-electron chi connectivity index (χ1n) is 1.23. The van der Waals surface area contributed by atoms with Crippen molar-refractivity contribution in [3.8, 4) is 0 Å². The lowest BCUT2D eigenvalue weighted by atomic mass is 11.2. The Kier molecular flexibility index (Phi) is 2.38. The number of carbonyl (C=O) groups excluding carboxylic acids is 1. The molecule has 0 radical (unpaired) electrons. The summed E-state index contributed by atoms with van der Waals surface area (Å²) in [5, 5.41) is 0. The second-order valence-corrected chi connectivity index (χ2v) is 2.45. The quantitative estimate of drug-likeness (QED) is 0.452. The summed E-state index contributed by atoms with van der Waals surface area (Å²) in [5.74, 6) is 0. The first-order valence-corrected chi connectivity index (χ1v) is 2.27. The van der Waals surface area contributed by atoms with E-state index in [1.807, 2.05) is 0 Å². The van der Waals surface area contributed by atoms with Gasteiger partial charge in [0, 0.05) is 0 Å². The lowest BCUT2D eigenvalue weighted by Gasteiger charge is -2.00. The first kappa shape index (κ1) is 6.13. The number of rotatable bonds is 0. The number of hydrogen-bond acceptors (Lipinski definition) is 1. The predicted octanol–water partition coefficient (Wildman–Crippen LogP) is -0.0527. The molecule has 2 amide bonds. The van der Waals surface area contributed by atoms with E-state index in [2.05, 4.69) is 24.5 Å². The van der Waals surface area contributed by atoms with Crippen molar-refractivity contribution < 1.29 is 4.79 Å². The molecule has 0 heterocycles. The number of urea groups is 1. The van der Waals surface area contributed by atoms with E-state index in [0.29, 0.717) is 0 Å². The Morgan fingerprint density at radius 1 is 1.67 bits per heavy atom. The fraction of sp³-hybridized carbons (Fsp3) is 0. The van der Waals surface area contributed by atoms with Gasteiger partial charge in [-0.2, -0.15) is 0 Å². The minimum absolute atomic E-state index is 0.481. The van der Waals surface area contributed by atoms with E-state index in [4.69, 9.17) is 0 Å². The highest BCUT2D eigenvalue weighted by Gasteiger charge is 1.89. The molecule has 0 fully saturated rings. The van der Waals surface area contributed by atoms with Crippen molar-refractivity contribution >= 4 is 24.8 Å². The topological polar surface area (TPSA) is 46.3 Å². The smallest absolute Gasteiger partial charge is 0.320 e. The monoisotopic (exact) mass is 124 g/mol. The van der Waals surface area contributed by atoms with Crippen LogP contribution in [0.5, 0.6) is 0 Å². The first-order chi connectivity index (χ1) is 2.64. The highest BCUT2D eigenvalue weighted by molar-refractivity contribution is 7.32. The lowest BCUT2D eigenvalue weighted by Crippen LogP contribution is -2.17. The largest absolute Gasteiger partial charge is 0.351 e. The van der Waals surface area contributed by atoms with Gasteiger partial charge in [-0.25, -0.2) is 4.79 Å². The van der Waals surface area contributed by atoms with Gasteiger partial charge in [-0.15, -0.1) is 0 Å². The fourth-order valence-electron chi connectivity index (χ4n) is 0. The van der Waals surface area contributed by atoms with Crippen LogP contribution in [0.2, 0.25) is 0 Å². The van der Waals surface area contributed by atoms with E-state index >= 15 is 0 Å². The van der Waals surface area contributed by atoms with Gasteiger partial charge < -0.3 is 5.73 Å². The zero-order valence-electron chi connectivity index (χ0n) is 3.09. The molecule has 2 N–H and O–H groups in total. The molecule has 0 bridgehead atoms. The van der Waals surface area contributed by atoms with Crippen LogP contribution in [0.25, 0.3) is 0 Å². The standard InChI is InChI=1S/CH6N2OP2/c2-1(4)3(5)6/h5-6H2,(H2,2,4). The molecule has 0 saturated carbocycles. The van der Waals surface area contributed by atoms with Gasteiger partial charge >= 0.3 is 6.03 Å². The average molecular weight is 124 g/mol. The number of amides is 2. The normalized spacial score (nSPS) is 7.67. The van der Waals surface area contributed by atoms with Crippen LogP contribution in [-0.2, 0) is 0 Å². The van der Waals surface area contributed by atoms with Crippen LogP contribution in [0.4, 0.5) is 4.79 Å². The maximum atomic E-state index is 9.81. The van der Waals surface area contributed by atoms with Crippen molar-refractivity contribution in [2.75, 3.05) is 0 Å². The van der Waals surface area contributed by atoms with Crippen LogP contribution >= 0.6 is 18.8 Å². The van der Waals surface area contributed by atoms with Crippen molar-refractivity contribution in [3.63, 3.8) is 0 Å². The summed E-state index contributed by atoms with van der Waals surface area (Å²) < 4.78 is 1.14. The molecular formula is CH6N2OP2. The second-order valence-electron chi connectivity index (χ2n) is 0.746. The molecule has 5 heteroatoms. The summed E-state index contributed by atoms with van der Waals surface area (Å²) in [4.78, 5) is 9.81. The molecule has 0 aromatic carbocycles. The van der Waals surface area contributed by atoms with Gasteiger partial charge in [-0.05, 0) is 18.8 Å². The Balaban J connectivity index is 3.26. The third kappa shape index (κ3) is 2.37. The maximum absolute atomic E-state index is 9.81. The molecule has 36 valence electrons. The number of carbonyl (C=O) groups is 1. The Morgan fingerprint density at radius 2 is 1.83 bits per heavy atom. The molecule has 0 aromatic heterocycles. The van der Waals surface area contributed by atoms with Crippen LogP contribution in [0.3, 0.4) is 0 Å². The number of nitrogens with two attached hydrogens (primary N) is 1. The molecule has 0 aromatic rings. The van der Waals surface area contributed by atoms with Gasteiger partial charge in [0.2, 0.25) is 0 Å². The van der Waals surface area contributed by atoms with E-state index in [9.17, 15) is 4.79 Å². The van der Waals surface area contributed by atoms with Gasteiger partial charge in [0.1, 0.15) is 0 Å². The molecular weight excluding hydrogens is 118 g/mol. The van der Waals surface area contributed by atoms with Gasteiger partial charge in [0.05, 0.1) is 0 Å². The Bertz CT molecular complexity index is 62.6. The Hall–Kier alpha value is 0.130. The van der Waals surface area contributed by atoms with Crippen LogP contribution in [0.15, 0.2) is 0 Å². The van der Waals surface area contributed by atoms with E-state index in [1.54, 1.807) is 0 Å². The second kappa shape index (κ2) is 2.33. The highest BCUT2D eigenvalue weighted by atomic mass is 31.1. The summed E-state index contributed by atoms with van der Waals surface area (Å²) in [6.45, 7) is 0. The summed E-state index contributed by atoms with van der Waals surface area (Å²) in [6.07, 6.45) is 0. The summed E-state index contributed by atoms with van der Waals surface area (Å²) in [7, 11) is 4.19. The van der Waals surface area contributed by atoms with E-state index in [0.717, 1.165) is 4.44 Å². The van der Waals surface area contributed by atoms with Gasteiger partial charge in [-0.3, -0.25) is 4.44 Å². The zero-order valence-corrected chi connectivity index (χ0v) is 5.40. The molecule has 0 aliphatic carbocycles. The van der Waals surface area contributed by atoms with Crippen LogP contribution in [0.1, 0.15) is 0 Å². The zero-order chi connectivity index (χ0) is 5.15. The Morgan fingerprint density at radius 3 is 1.83 bits per heavy atom. The van der Waals surface area contributed by atoms with Crippen LogP contribution < -0.4 is 5.73 Å². The fourth-order valence-corrected chi connectivity index (χ4v) is 0. The van der Waals surface area contributed by atoms with Crippen molar-refractivity contribution in [3.05, 3.63) is 0 Å². The third-order valence-electron chi connectivity index (χ3n) is 0.254. The van der Waals surface area contributed by atoms with E-state index in [-0.39, 0.29) is 0 Å². The molecule has 0 saturated heterocycles. The molecule has 6 heavy (non-hydrogen) atoms. The lowest BCUT2D eigenvalue weighted by molar-refractivity contribution is 0.246. The molecule has 2 atom stereocenters. The van der Waals surface area contributed by atoms with Gasteiger partial charge in [-0.1, -0.05) is 0 Å². The predicted molar refractivity (Wildman–Crippen MR) is 30.8 cm³/mol. The maximum Gasteiger partial charge on any atom is 0.320 e. The van der Waals surface area contributed by atoms with Crippen molar-refractivity contribution in [2.24, 2.45) is 5.73 Å². The minimum Gasteiger partial charge on any atom is -0.351 e. The number of hydrogen-bond donors (Lipinski definition) is 1. The summed E-state index contributed by atoms with van der Waals surface area (Å²) in [6, 6.07) is -0.481. The third-order valence-corrected chi connectivity index (χ3v) is 0.763. The van der Waals surface area contributed by atoms with E-state index in [1.165, 1.54) is 0 Å². The van der Waals surface area contributed by atoms with Crippen LogP contribution in [0, 0.1) is 0 Å². The minimum atomic E-state index is -0.481. The SMILES string of the molecule is NC(=O)N(P)P. The molecule has 0 aliphatic heterocycles.